The standard InChI is InChI=1S/C12H15NO2/c1-13(2)9-11(12(14)15)8-10-6-4-3-5-7-10/h3-7,9H,8H2,1-2H3,(H,14,15). The molecule has 0 unspecified atom stereocenters. The third-order valence-corrected chi connectivity index (χ3v) is 1.93. The minimum Gasteiger partial charge on any atom is -0.478 e. The Morgan fingerprint density at radius 2 is 1.93 bits per heavy atom. The van der Waals surface area contributed by atoms with Crippen LogP contribution in [0.2, 0.25) is 0 Å². The molecule has 3 heteroatoms. The van der Waals surface area contributed by atoms with Gasteiger partial charge < -0.3 is 10.0 Å². The smallest absolute Gasteiger partial charge is 0.333 e. The minimum absolute atomic E-state index is 0.395. The van der Waals surface area contributed by atoms with Crippen LogP contribution in [-0.4, -0.2) is 30.1 Å². The Morgan fingerprint density at radius 1 is 1.33 bits per heavy atom. The molecule has 0 bridgehead atoms. The molecule has 0 atom stereocenters. The lowest BCUT2D eigenvalue weighted by molar-refractivity contribution is -0.132. The third-order valence-electron chi connectivity index (χ3n) is 1.93. The fraction of sp³-hybridized carbons (Fsp3) is 0.250. The van der Waals surface area contributed by atoms with Gasteiger partial charge in [-0.1, -0.05) is 30.3 Å². The molecule has 1 N–H and O–H groups in total. The van der Waals surface area contributed by atoms with Crippen LogP contribution in [0.1, 0.15) is 5.56 Å². The summed E-state index contributed by atoms with van der Waals surface area (Å²) in [5.74, 6) is -0.868. The first kappa shape index (κ1) is 11.3. The van der Waals surface area contributed by atoms with Gasteiger partial charge in [-0.15, -0.1) is 0 Å². The van der Waals surface area contributed by atoms with E-state index in [1.54, 1.807) is 11.1 Å². The summed E-state index contributed by atoms with van der Waals surface area (Å²) in [6, 6.07) is 9.58. The molecule has 3 nitrogen and oxygen atoms in total. The number of hydrogen-bond donors (Lipinski definition) is 1. The topological polar surface area (TPSA) is 40.5 Å². The maximum Gasteiger partial charge on any atom is 0.333 e. The Balaban J connectivity index is 2.81. The fourth-order valence-electron chi connectivity index (χ4n) is 1.30. The molecular weight excluding hydrogens is 190 g/mol. The van der Waals surface area contributed by atoms with Crippen LogP contribution in [0.15, 0.2) is 42.1 Å². The van der Waals surface area contributed by atoms with Gasteiger partial charge in [0.1, 0.15) is 0 Å². The molecule has 1 aromatic carbocycles. The molecule has 0 aliphatic carbocycles. The van der Waals surface area contributed by atoms with Crippen molar-refractivity contribution in [3.8, 4) is 0 Å². The second-order valence-electron chi connectivity index (χ2n) is 3.59. The van der Waals surface area contributed by atoms with Crippen LogP contribution in [0, 0.1) is 0 Å². The van der Waals surface area contributed by atoms with E-state index in [2.05, 4.69) is 0 Å². The van der Waals surface area contributed by atoms with E-state index in [0.717, 1.165) is 5.56 Å². The number of hydrogen-bond acceptors (Lipinski definition) is 2. The summed E-state index contributed by atoms with van der Waals surface area (Å²) in [7, 11) is 3.63. The molecule has 0 aliphatic heterocycles. The molecule has 0 aromatic heterocycles. The number of carboxylic acid groups (broad SMARTS) is 1. The van der Waals surface area contributed by atoms with Crippen molar-refractivity contribution in [1.82, 2.24) is 4.90 Å². The second-order valence-corrected chi connectivity index (χ2v) is 3.59. The number of rotatable bonds is 4. The van der Waals surface area contributed by atoms with Crippen molar-refractivity contribution >= 4 is 5.97 Å². The summed E-state index contributed by atoms with van der Waals surface area (Å²) in [5.41, 5.74) is 1.40. The largest absolute Gasteiger partial charge is 0.478 e. The van der Waals surface area contributed by atoms with Gasteiger partial charge >= 0.3 is 5.97 Å². The summed E-state index contributed by atoms with van der Waals surface area (Å²) in [6.07, 6.45) is 2.09. The van der Waals surface area contributed by atoms with Gasteiger partial charge in [0, 0.05) is 26.7 Å². The van der Waals surface area contributed by atoms with E-state index in [-0.39, 0.29) is 0 Å². The Hall–Kier alpha value is -1.77. The first-order valence-corrected chi connectivity index (χ1v) is 4.74. The lowest BCUT2D eigenvalue weighted by atomic mass is 10.1. The van der Waals surface area contributed by atoms with Crippen molar-refractivity contribution in [2.45, 2.75) is 6.42 Å². The van der Waals surface area contributed by atoms with E-state index in [0.29, 0.717) is 12.0 Å². The highest BCUT2D eigenvalue weighted by Crippen LogP contribution is 2.08. The number of aliphatic carboxylic acids is 1. The Kier molecular flexibility index (Phi) is 3.92. The average Bonchev–Trinajstić information content (AvgIpc) is 2.17. The Morgan fingerprint density at radius 3 is 2.40 bits per heavy atom. The third kappa shape index (κ3) is 3.85. The van der Waals surface area contributed by atoms with E-state index in [1.165, 1.54) is 0 Å². The van der Waals surface area contributed by atoms with Gasteiger partial charge in [0.15, 0.2) is 0 Å². The molecule has 1 rings (SSSR count). The van der Waals surface area contributed by atoms with Crippen molar-refractivity contribution < 1.29 is 9.90 Å². The van der Waals surface area contributed by atoms with Crippen molar-refractivity contribution in [3.63, 3.8) is 0 Å². The monoisotopic (exact) mass is 205 g/mol. The van der Waals surface area contributed by atoms with E-state index in [1.807, 2.05) is 44.4 Å². The van der Waals surface area contributed by atoms with Crippen LogP contribution in [0.3, 0.4) is 0 Å². The van der Waals surface area contributed by atoms with Crippen LogP contribution in [0.25, 0.3) is 0 Å². The summed E-state index contributed by atoms with van der Waals surface area (Å²) < 4.78 is 0. The average molecular weight is 205 g/mol. The van der Waals surface area contributed by atoms with Crippen molar-refractivity contribution in [2.75, 3.05) is 14.1 Å². The number of carbonyl (C=O) groups is 1. The number of carboxylic acids is 1. The van der Waals surface area contributed by atoms with Gasteiger partial charge in [-0.3, -0.25) is 0 Å². The predicted octanol–water partition coefficient (Wildman–Crippen LogP) is 1.76. The molecule has 80 valence electrons. The highest BCUT2D eigenvalue weighted by atomic mass is 16.4. The molecule has 0 fully saturated rings. The van der Waals surface area contributed by atoms with Crippen molar-refractivity contribution in [1.29, 1.82) is 0 Å². The van der Waals surface area contributed by atoms with Crippen LogP contribution in [0.4, 0.5) is 0 Å². The molecule has 0 spiro atoms. The van der Waals surface area contributed by atoms with Crippen molar-refractivity contribution in [2.24, 2.45) is 0 Å². The zero-order chi connectivity index (χ0) is 11.3. The van der Waals surface area contributed by atoms with Crippen LogP contribution in [0.5, 0.6) is 0 Å². The number of benzene rings is 1. The first-order chi connectivity index (χ1) is 7.09. The van der Waals surface area contributed by atoms with E-state index in [9.17, 15) is 4.79 Å². The van der Waals surface area contributed by atoms with Crippen LogP contribution >= 0.6 is 0 Å². The number of nitrogens with zero attached hydrogens (tertiary/aromatic N) is 1. The maximum absolute atomic E-state index is 10.9. The van der Waals surface area contributed by atoms with Crippen LogP contribution < -0.4 is 0 Å². The molecule has 0 radical (unpaired) electrons. The minimum atomic E-state index is -0.868. The van der Waals surface area contributed by atoms with Gasteiger partial charge in [0.2, 0.25) is 0 Å². The highest BCUT2D eigenvalue weighted by molar-refractivity contribution is 5.86. The molecule has 1 aromatic rings. The predicted molar refractivity (Wildman–Crippen MR) is 59.6 cm³/mol. The van der Waals surface area contributed by atoms with E-state index in [4.69, 9.17) is 5.11 Å². The fourth-order valence-corrected chi connectivity index (χ4v) is 1.30. The molecule has 0 aliphatic rings. The Labute approximate surface area is 89.6 Å². The van der Waals surface area contributed by atoms with Crippen LogP contribution in [-0.2, 0) is 11.2 Å². The lowest BCUT2D eigenvalue weighted by Crippen LogP contribution is -2.10. The summed E-state index contributed by atoms with van der Waals surface area (Å²) in [4.78, 5) is 12.7. The summed E-state index contributed by atoms with van der Waals surface area (Å²) in [6.45, 7) is 0. The van der Waals surface area contributed by atoms with Crippen molar-refractivity contribution in [3.05, 3.63) is 47.7 Å². The Bertz CT molecular complexity index is 355. The first-order valence-electron chi connectivity index (χ1n) is 4.74. The normalized spacial score (nSPS) is 11.2. The highest BCUT2D eigenvalue weighted by Gasteiger charge is 2.08. The zero-order valence-corrected chi connectivity index (χ0v) is 8.97. The lowest BCUT2D eigenvalue weighted by Gasteiger charge is -2.08. The molecule has 0 heterocycles. The molecule has 0 saturated carbocycles. The van der Waals surface area contributed by atoms with Gasteiger partial charge in [-0.25, -0.2) is 4.79 Å². The zero-order valence-electron chi connectivity index (χ0n) is 8.97. The quantitative estimate of drug-likeness (QED) is 0.761. The SMILES string of the molecule is CN(C)C=C(Cc1ccccc1)C(=O)O. The summed E-state index contributed by atoms with van der Waals surface area (Å²) in [5, 5.41) is 8.99. The van der Waals surface area contributed by atoms with Gasteiger partial charge in [-0.2, -0.15) is 0 Å². The maximum atomic E-state index is 10.9. The van der Waals surface area contributed by atoms with Gasteiger partial charge in [-0.05, 0) is 5.56 Å². The second kappa shape index (κ2) is 5.20. The van der Waals surface area contributed by atoms with E-state index >= 15 is 0 Å². The van der Waals surface area contributed by atoms with Gasteiger partial charge in [0.05, 0.1) is 5.57 Å². The molecular formula is C12H15NO2. The molecule has 0 saturated heterocycles. The molecule has 15 heavy (non-hydrogen) atoms. The van der Waals surface area contributed by atoms with Gasteiger partial charge in [0.25, 0.3) is 0 Å². The molecule has 0 amide bonds. The summed E-state index contributed by atoms with van der Waals surface area (Å²) >= 11 is 0. The van der Waals surface area contributed by atoms with E-state index < -0.39 is 5.97 Å².